The average Bonchev–Trinajstić information content (AvgIpc) is 2.47. The van der Waals surface area contributed by atoms with E-state index in [0.717, 1.165) is 17.7 Å². The van der Waals surface area contributed by atoms with Crippen LogP contribution < -0.4 is 5.73 Å². The third kappa shape index (κ3) is 4.32. The number of nitrogens with zero attached hydrogens (tertiary/aromatic N) is 1. The van der Waals surface area contributed by atoms with Crippen LogP contribution in [0.1, 0.15) is 22.7 Å². The summed E-state index contributed by atoms with van der Waals surface area (Å²) in [7, 11) is 1.71. The maximum absolute atomic E-state index is 12.6. The molecule has 0 saturated carbocycles. The van der Waals surface area contributed by atoms with Crippen LogP contribution in [0.3, 0.4) is 0 Å². The van der Waals surface area contributed by atoms with E-state index in [1.165, 1.54) is 12.1 Å². The number of carbonyl (C=O) groups excluding carboxylic acids is 1. The number of halogens is 3. The zero-order valence-electron chi connectivity index (χ0n) is 12.5. The first-order chi connectivity index (χ1) is 10.8. The Morgan fingerprint density at radius 2 is 1.65 bits per heavy atom. The fourth-order valence-electron chi connectivity index (χ4n) is 2.45. The highest BCUT2D eigenvalue weighted by Gasteiger charge is 2.30. The number of benzene rings is 2. The van der Waals surface area contributed by atoms with Crippen molar-refractivity contribution in [2.24, 2.45) is 5.73 Å². The van der Waals surface area contributed by atoms with Gasteiger partial charge in [-0.1, -0.05) is 42.5 Å². The molecule has 1 amide bonds. The predicted octanol–water partition coefficient (Wildman–Crippen LogP) is 3.36. The molecule has 1 atom stereocenters. The van der Waals surface area contributed by atoms with Crippen molar-refractivity contribution < 1.29 is 18.0 Å². The molecule has 2 rings (SSSR count). The van der Waals surface area contributed by atoms with Gasteiger partial charge in [-0.05, 0) is 30.3 Å². The van der Waals surface area contributed by atoms with Crippen molar-refractivity contribution in [1.29, 1.82) is 0 Å². The second-order valence-corrected chi connectivity index (χ2v) is 5.33. The van der Waals surface area contributed by atoms with E-state index in [4.69, 9.17) is 5.73 Å². The fraction of sp³-hybridized carbons (Fsp3) is 0.235. The second-order valence-electron chi connectivity index (χ2n) is 5.33. The number of carbonyl (C=O) groups is 1. The van der Waals surface area contributed by atoms with Gasteiger partial charge in [0.1, 0.15) is 6.04 Å². The average molecular weight is 322 g/mol. The smallest absolute Gasteiger partial charge is 0.368 e. The lowest BCUT2D eigenvalue weighted by Gasteiger charge is -2.26. The van der Waals surface area contributed by atoms with Gasteiger partial charge in [0, 0.05) is 6.54 Å². The highest BCUT2D eigenvalue weighted by molar-refractivity contribution is 5.81. The first-order valence-corrected chi connectivity index (χ1v) is 6.99. The zero-order chi connectivity index (χ0) is 17.0. The number of primary amides is 1. The largest absolute Gasteiger partial charge is 0.416 e. The van der Waals surface area contributed by atoms with Crippen molar-refractivity contribution in [2.75, 3.05) is 7.05 Å². The van der Waals surface area contributed by atoms with E-state index >= 15 is 0 Å². The van der Waals surface area contributed by atoms with E-state index in [9.17, 15) is 18.0 Å². The van der Waals surface area contributed by atoms with Gasteiger partial charge in [-0.15, -0.1) is 0 Å². The minimum atomic E-state index is -4.36. The van der Waals surface area contributed by atoms with E-state index in [1.807, 2.05) is 6.07 Å². The molecule has 0 fully saturated rings. The van der Waals surface area contributed by atoms with Crippen molar-refractivity contribution in [2.45, 2.75) is 18.8 Å². The number of hydrogen-bond donors (Lipinski definition) is 1. The Hall–Kier alpha value is -2.34. The van der Waals surface area contributed by atoms with Crippen LogP contribution in [0, 0.1) is 0 Å². The summed E-state index contributed by atoms with van der Waals surface area (Å²) < 4.78 is 37.7. The zero-order valence-corrected chi connectivity index (χ0v) is 12.5. The molecule has 3 nitrogen and oxygen atoms in total. The summed E-state index contributed by atoms with van der Waals surface area (Å²) in [5, 5.41) is 0. The molecule has 122 valence electrons. The molecule has 2 aromatic rings. The van der Waals surface area contributed by atoms with Crippen molar-refractivity contribution in [3.05, 3.63) is 71.3 Å². The minimum Gasteiger partial charge on any atom is -0.368 e. The van der Waals surface area contributed by atoms with E-state index in [2.05, 4.69) is 0 Å². The first-order valence-electron chi connectivity index (χ1n) is 6.99. The fourth-order valence-corrected chi connectivity index (χ4v) is 2.45. The van der Waals surface area contributed by atoms with Gasteiger partial charge in [-0.2, -0.15) is 13.2 Å². The van der Waals surface area contributed by atoms with Crippen LogP contribution in [0.25, 0.3) is 0 Å². The highest BCUT2D eigenvalue weighted by Crippen LogP contribution is 2.29. The van der Waals surface area contributed by atoms with Gasteiger partial charge in [0.2, 0.25) is 5.91 Å². The van der Waals surface area contributed by atoms with Crippen LogP contribution in [0.4, 0.5) is 13.2 Å². The topological polar surface area (TPSA) is 46.3 Å². The van der Waals surface area contributed by atoms with Gasteiger partial charge >= 0.3 is 6.18 Å². The van der Waals surface area contributed by atoms with Crippen molar-refractivity contribution in [3.8, 4) is 0 Å². The lowest BCUT2D eigenvalue weighted by Crippen LogP contribution is -2.34. The van der Waals surface area contributed by atoms with Crippen molar-refractivity contribution >= 4 is 5.91 Å². The highest BCUT2D eigenvalue weighted by atomic mass is 19.4. The molecule has 0 aliphatic rings. The van der Waals surface area contributed by atoms with E-state index < -0.39 is 23.7 Å². The molecule has 0 heterocycles. The molecular formula is C17H17F3N2O. The van der Waals surface area contributed by atoms with Crippen LogP contribution in [0.2, 0.25) is 0 Å². The third-order valence-corrected chi connectivity index (χ3v) is 3.54. The Kier molecular flexibility index (Phi) is 5.05. The summed E-state index contributed by atoms with van der Waals surface area (Å²) in [6.07, 6.45) is -4.36. The van der Waals surface area contributed by atoms with Crippen molar-refractivity contribution in [3.63, 3.8) is 0 Å². The van der Waals surface area contributed by atoms with Gasteiger partial charge in [-0.3, -0.25) is 9.69 Å². The van der Waals surface area contributed by atoms with Gasteiger partial charge in [-0.25, -0.2) is 0 Å². The minimum absolute atomic E-state index is 0.306. The number of likely N-dealkylation sites (N-methyl/N-ethyl adjacent to an activating group) is 1. The quantitative estimate of drug-likeness (QED) is 0.917. The maximum atomic E-state index is 12.6. The Morgan fingerprint density at radius 1 is 1.09 bits per heavy atom. The summed E-state index contributed by atoms with van der Waals surface area (Å²) >= 11 is 0. The molecule has 0 aromatic heterocycles. The second kappa shape index (κ2) is 6.83. The number of nitrogens with two attached hydrogens (primary N) is 1. The Balaban J connectivity index is 2.16. The lowest BCUT2D eigenvalue weighted by molar-refractivity contribution is -0.137. The summed E-state index contributed by atoms with van der Waals surface area (Å²) in [6, 6.07) is 13.3. The molecule has 1 unspecified atom stereocenters. The Morgan fingerprint density at radius 3 is 2.13 bits per heavy atom. The van der Waals surface area contributed by atoms with Crippen molar-refractivity contribution in [1.82, 2.24) is 4.90 Å². The monoisotopic (exact) mass is 322 g/mol. The van der Waals surface area contributed by atoms with E-state index in [0.29, 0.717) is 12.1 Å². The van der Waals surface area contributed by atoms with Gasteiger partial charge in [0.15, 0.2) is 0 Å². The molecular weight excluding hydrogens is 305 g/mol. The SMILES string of the molecule is CN(Cc1ccc(C(F)(F)F)cc1)C(C(N)=O)c1ccccc1. The molecule has 2 aromatic carbocycles. The molecule has 23 heavy (non-hydrogen) atoms. The number of hydrogen-bond acceptors (Lipinski definition) is 2. The maximum Gasteiger partial charge on any atom is 0.416 e. The van der Waals surface area contributed by atoms with Crippen LogP contribution >= 0.6 is 0 Å². The molecule has 0 aliphatic carbocycles. The van der Waals surface area contributed by atoms with E-state index in [1.54, 1.807) is 36.2 Å². The summed E-state index contributed by atoms with van der Waals surface area (Å²) in [5.41, 5.74) is 6.19. The van der Waals surface area contributed by atoms with Crippen LogP contribution in [0.15, 0.2) is 54.6 Å². The third-order valence-electron chi connectivity index (χ3n) is 3.54. The van der Waals surface area contributed by atoms with E-state index in [-0.39, 0.29) is 0 Å². The van der Waals surface area contributed by atoms with Crippen LogP contribution in [-0.4, -0.2) is 17.9 Å². The number of amides is 1. The summed E-state index contributed by atoms with van der Waals surface area (Å²) in [4.78, 5) is 13.5. The van der Waals surface area contributed by atoms with Crippen LogP contribution in [-0.2, 0) is 17.5 Å². The molecule has 0 spiro atoms. The molecule has 6 heteroatoms. The van der Waals surface area contributed by atoms with Gasteiger partial charge in [0.25, 0.3) is 0 Å². The Labute approximate surface area is 132 Å². The molecule has 0 saturated heterocycles. The number of rotatable bonds is 5. The predicted molar refractivity (Wildman–Crippen MR) is 81.3 cm³/mol. The standard InChI is InChI=1S/C17H17F3N2O/c1-22(15(16(21)23)13-5-3-2-4-6-13)11-12-7-9-14(10-8-12)17(18,19)20/h2-10,15H,11H2,1H3,(H2,21,23). The molecule has 0 radical (unpaired) electrons. The van der Waals surface area contributed by atoms with Gasteiger partial charge < -0.3 is 5.73 Å². The molecule has 2 N–H and O–H groups in total. The summed E-state index contributed by atoms with van der Waals surface area (Å²) in [5.74, 6) is -0.509. The first kappa shape index (κ1) is 17.0. The molecule has 0 bridgehead atoms. The van der Waals surface area contributed by atoms with Gasteiger partial charge in [0.05, 0.1) is 5.56 Å². The lowest BCUT2D eigenvalue weighted by atomic mass is 10.0. The summed E-state index contributed by atoms with van der Waals surface area (Å²) in [6.45, 7) is 0.306. The Bertz CT molecular complexity index is 654. The van der Waals surface area contributed by atoms with Crippen LogP contribution in [0.5, 0.6) is 0 Å². The normalized spacial score (nSPS) is 13.1. The molecule has 0 aliphatic heterocycles. The number of alkyl halides is 3.